The normalized spacial score (nSPS) is 23.0. The first-order chi connectivity index (χ1) is 11.7. The fourth-order valence-electron chi connectivity index (χ4n) is 3.71. The van der Waals surface area contributed by atoms with Crippen molar-refractivity contribution in [3.05, 3.63) is 46.5 Å². The Morgan fingerprint density at radius 1 is 1.25 bits per heavy atom. The Balaban J connectivity index is 1.67. The molecule has 2 aromatic rings. The van der Waals surface area contributed by atoms with E-state index in [0.29, 0.717) is 26.4 Å². The third kappa shape index (κ3) is 2.85. The van der Waals surface area contributed by atoms with Crippen LogP contribution in [0.25, 0.3) is 0 Å². The summed E-state index contributed by atoms with van der Waals surface area (Å²) in [6, 6.07) is 8.16. The molecule has 0 bridgehead atoms. The summed E-state index contributed by atoms with van der Waals surface area (Å²) in [5.41, 5.74) is 1.22. The van der Waals surface area contributed by atoms with Gasteiger partial charge < -0.3 is 9.47 Å². The van der Waals surface area contributed by atoms with E-state index in [0.717, 1.165) is 29.5 Å². The SMILES string of the molecule is Cc1nc(C2(c3ccc(Cl)cc3)CCC2)n(CC2COCCO2)n1. The molecule has 128 valence electrons. The topological polar surface area (TPSA) is 49.2 Å². The van der Waals surface area contributed by atoms with E-state index in [1.807, 2.05) is 23.7 Å². The number of hydrogen-bond acceptors (Lipinski definition) is 4. The van der Waals surface area contributed by atoms with Gasteiger partial charge in [-0.2, -0.15) is 5.10 Å². The van der Waals surface area contributed by atoms with E-state index in [4.69, 9.17) is 26.1 Å². The van der Waals surface area contributed by atoms with E-state index >= 15 is 0 Å². The summed E-state index contributed by atoms with van der Waals surface area (Å²) in [5, 5.41) is 5.40. The van der Waals surface area contributed by atoms with Gasteiger partial charge in [0.05, 0.1) is 31.8 Å². The molecule has 6 heteroatoms. The van der Waals surface area contributed by atoms with Crippen LogP contribution in [0.3, 0.4) is 0 Å². The van der Waals surface area contributed by atoms with Crippen LogP contribution in [0.1, 0.15) is 36.5 Å². The fourth-order valence-corrected chi connectivity index (χ4v) is 3.84. The lowest BCUT2D eigenvalue weighted by molar-refractivity contribution is -0.0952. The van der Waals surface area contributed by atoms with E-state index in [9.17, 15) is 0 Å². The molecule has 1 saturated heterocycles. The van der Waals surface area contributed by atoms with Crippen molar-refractivity contribution >= 4 is 11.6 Å². The molecule has 5 nitrogen and oxygen atoms in total. The van der Waals surface area contributed by atoms with Crippen molar-refractivity contribution in [2.75, 3.05) is 19.8 Å². The van der Waals surface area contributed by atoms with E-state index < -0.39 is 0 Å². The maximum atomic E-state index is 6.07. The van der Waals surface area contributed by atoms with Crippen molar-refractivity contribution in [3.8, 4) is 0 Å². The number of aryl methyl sites for hydroxylation is 1. The highest BCUT2D eigenvalue weighted by Crippen LogP contribution is 2.48. The minimum atomic E-state index is -0.0542. The standard InChI is InChI=1S/C18H22ClN3O2/c1-13-20-17(22(21-13)11-16-12-23-9-10-24-16)18(7-2-8-18)14-3-5-15(19)6-4-14/h3-6,16H,2,7-12H2,1H3. The van der Waals surface area contributed by atoms with Gasteiger partial charge in [0.2, 0.25) is 0 Å². The maximum absolute atomic E-state index is 6.07. The highest BCUT2D eigenvalue weighted by atomic mass is 35.5. The number of rotatable bonds is 4. The van der Waals surface area contributed by atoms with Gasteiger partial charge in [-0.15, -0.1) is 0 Å². The summed E-state index contributed by atoms with van der Waals surface area (Å²) in [7, 11) is 0. The van der Waals surface area contributed by atoms with Crippen molar-refractivity contribution < 1.29 is 9.47 Å². The van der Waals surface area contributed by atoms with Gasteiger partial charge in [0.1, 0.15) is 17.8 Å². The van der Waals surface area contributed by atoms with Crippen LogP contribution in [-0.2, 0) is 21.4 Å². The lowest BCUT2D eigenvalue weighted by Gasteiger charge is -2.41. The quantitative estimate of drug-likeness (QED) is 0.852. The van der Waals surface area contributed by atoms with Crippen LogP contribution >= 0.6 is 11.6 Å². The lowest BCUT2D eigenvalue weighted by atomic mass is 9.64. The van der Waals surface area contributed by atoms with E-state index in [2.05, 4.69) is 17.2 Å². The largest absolute Gasteiger partial charge is 0.376 e. The first-order valence-corrected chi connectivity index (χ1v) is 8.92. The van der Waals surface area contributed by atoms with Crippen molar-refractivity contribution in [3.63, 3.8) is 0 Å². The lowest BCUT2D eigenvalue weighted by Crippen LogP contribution is -2.40. The molecule has 1 atom stereocenters. The number of nitrogens with zero attached hydrogens (tertiary/aromatic N) is 3. The van der Waals surface area contributed by atoms with Gasteiger partial charge in [-0.25, -0.2) is 9.67 Å². The molecule has 0 spiro atoms. The Morgan fingerprint density at radius 2 is 2.04 bits per heavy atom. The molecule has 0 amide bonds. The average Bonchev–Trinajstić information content (AvgIpc) is 2.90. The molecule has 1 saturated carbocycles. The predicted molar refractivity (Wildman–Crippen MR) is 91.4 cm³/mol. The highest BCUT2D eigenvalue weighted by Gasteiger charge is 2.44. The average molecular weight is 348 g/mol. The van der Waals surface area contributed by atoms with Gasteiger partial charge in [-0.3, -0.25) is 0 Å². The number of ether oxygens (including phenoxy) is 2. The zero-order chi connectivity index (χ0) is 16.6. The zero-order valence-corrected chi connectivity index (χ0v) is 14.6. The van der Waals surface area contributed by atoms with E-state index in [-0.39, 0.29) is 11.5 Å². The van der Waals surface area contributed by atoms with Gasteiger partial charge in [-0.05, 0) is 37.5 Å². The first-order valence-electron chi connectivity index (χ1n) is 8.55. The molecule has 1 aromatic carbocycles. The molecular weight excluding hydrogens is 326 g/mol. The van der Waals surface area contributed by atoms with Gasteiger partial charge in [-0.1, -0.05) is 30.2 Å². The van der Waals surface area contributed by atoms with E-state index in [1.165, 1.54) is 12.0 Å². The van der Waals surface area contributed by atoms with Crippen molar-refractivity contribution in [2.45, 2.75) is 44.2 Å². The molecule has 1 aliphatic carbocycles. The molecule has 1 unspecified atom stereocenters. The molecule has 0 radical (unpaired) electrons. The second-order valence-electron chi connectivity index (χ2n) is 6.68. The van der Waals surface area contributed by atoms with Gasteiger partial charge in [0.15, 0.2) is 0 Å². The molecule has 4 rings (SSSR count). The van der Waals surface area contributed by atoms with Crippen LogP contribution in [0.4, 0.5) is 0 Å². The van der Waals surface area contributed by atoms with E-state index in [1.54, 1.807) is 0 Å². The number of halogens is 1. The van der Waals surface area contributed by atoms with Crippen molar-refractivity contribution in [1.29, 1.82) is 0 Å². The van der Waals surface area contributed by atoms with Crippen molar-refractivity contribution in [1.82, 2.24) is 14.8 Å². The third-order valence-corrected chi connectivity index (χ3v) is 5.32. The van der Waals surface area contributed by atoms with Crippen molar-refractivity contribution in [2.24, 2.45) is 0 Å². The molecule has 2 fully saturated rings. The fraction of sp³-hybridized carbons (Fsp3) is 0.556. The summed E-state index contributed by atoms with van der Waals surface area (Å²) in [6.45, 7) is 4.58. The number of aromatic nitrogens is 3. The van der Waals surface area contributed by atoms with Crippen LogP contribution in [0.2, 0.25) is 5.02 Å². The third-order valence-electron chi connectivity index (χ3n) is 5.07. The Kier molecular flexibility index (Phi) is 4.33. The molecule has 1 aromatic heterocycles. The van der Waals surface area contributed by atoms with Crippen LogP contribution in [0, 0.1) is 6.92 Å². The molecule has 24 heavy (non-hydrogen) atoms. The second-order valence-corrected chi connectivity index (χ2v) is 7.11. The zero-order valence-electron chi connectivity index (χ0n) is 13.9. The summed E-state index contributed by atoms with van der Waals surface area (Å²) in [6.07, 6.45) is 3.43. The molecule has 2 heterocycles. The predicted octanol–water partition coefficient (Wildman–Crippen LogP) is 3.13. The molecule has 2 aliphatic rings. The Hall–Kier alpha value is -1.43. The first kappa shape index (κ1) is 16.1. The molecule has 1 aliphatic heterocycles. The number of hydrogen-bond donors (Lipinski definition) is 0. The summed E-state index contributed by atoms with van der Waals surface area (Å²) in [4.78, 5) is 4.79. The van der Waals surface area contributed by atoms with Crippen LogP contribution in [0.15, 0.2) is 24.3 Å². The summed E-state index contributed by atoms with van der Waals surface area (Å²) in [5.74, 6) is 1.85. The van der Waals surface area contributed by atoms with Crippen LogP contribution in [0.5, 0.6) is 0 Å². The summed E-state index contributed by atoms with van der Waals surface area (Å²) < 4.78 is 13.4. The number of benzene rings is 1. The van der Waals surface area contributed by atoms with Crippen LogP contribution in [-0.4, -0.2) is 40.7 Å². The Labute approximate surface area is 146 Å². The van der Waals surface area contributed by atoms with Gasteiger partial charge in [0, 0.05) is 5.02 Å². The monoisotopic (exact) mass is 347 g/mol. The molecule has 0 N–H and O–H groups in total. The van der Waals surface area contributed by atoms with Gasteiger partial charge in [0.25, 0.3) is 0 Å². The Bertz CT molecular complexity index is 704. The highest BCUT2D eigenvalue weighted by molar-refractivity contribution is 6.30. The second kappa shape index (κ2) is 6.47. The van der Waals surface area contributed by atoms with Gasteiger partial charge >= 0.3 is 0 Å². The summed E-state index contributed by atoms with van der Waals surface area (Å²) >= 11 is 6.07. The minimum Gasteiger partial charge on any atom is -0.376 e. The maximum Gasteiger partial charge on any atom is 0.147 e. The Morgan fingerprint density at radius 3 is 2.67 bits per heavy atom. The van der Waals surface area contributed by atoms with Crippen LogP contribution < -0.4 is 0 Å². The minimum absolute atomic E-state index is 0.0425. The molecular formula is C18H22ClN3O2. The smallest absolute Gasteiger partial charge is 0.147 e.